The Balaban J connectivity index is 1.33. The number of fused-ring (bicyclic) bond motifs is 2. The van der Waals surface area contributed by atoms with Gasteiger partial charge in [0.05, 0.1) is 11.2 Å². The van der Waals surface area contributed by atoms with E-state index in [1.54, 1.807) is 6.07 Å². The molecule has 30 heavy (non-hydrogen) atoms. The molecule has 2 saturated heterocycles. The van der Waals surface area contributed by atoms with E-state index in [4.69, 9.17) is 4.98 Å². The van der Waals surface area contributed by atoms with Gasteiger partial charge in [0.25, 0.3) is 0 Å². The van der Waals surface area contributed by atoms with Gasteiger partial charge in [-0.05, 0) is 47.6 Å². The quantitative estimate of drug-likeness (QED) is 0.705. The van der Waals surface area contributed by atoms with Gasteiger partial charge in [0.2, 0.25) is 0 Å². The number of nitrogens with zero attached hydrogens (tertiary/aromatic N) is 3. The van der Waals surface area contributed by atoms with E-state index in [1.807, 2.05) is 12.1 Å². The number of phenols is 1. The van der Waals surface area contributed by atoms with Crippen LogP contribution in [0.15, 0.2) is 60.7 Å². The summed E-state index contributed by atoms with van der Waals surface area (Å²) < 4.78 is 0. The van der Waals surface area contributed by atoms with Crippen LogP contribution in [-0.4, -0.2) is 52.1 Å². The second-order valence-corrected chi connectivity index (χ2v) is 9.45. The van der Waals surface area contributed by atoms with Crippen molar-refractivity contribution in [2.45, 2.75) is 38.3 Å². The number of hydrogen-bond donors (Lipinski definition) is 1. The van der Waals surface area contributed by atoms with Gasteiger partial charge in [0.1, 0.15) is 5.75 Å². The zero-order chi connectivity index (χ0) is 20.7. The molecule has 4 nitrogen and oxygen atoms in total. The molecule has 2 fully saturated rings. The maximum Gasteiger partial charge on any atom is 0.115 e. The average molecular weight is 402 g/mol. The predicted molar refractivity (Wildman–Crippen MR) is 122 cm³/mol. The maximum absolute atomic E-state index is 10.0. The number of hydrogen-bond acceptors (Lipinski definition) is 4. The minimum absolute atomic E-state index is 0.0874. The first-order valence-corrected chi connectivity index (χ1v) is 11.1. The third-order valence-electron chi connectivity index (χ3n) is 7.49. The molecule has 0 saturated carbocycles. The second-order valence-electron chi connectivity index (χ2n) is 9.45. The molecule has 4 heteroatoms. The van der Waals surface area contributed by atoms with E-state index in [2.05, 4.69) is 66.1 Å². The molecule has 2 aromatic carbocycles. The van der Waals surface area contributed by atoms with Crippen molar-refractivity contribution in [1.82, 2.24) is 14.8 Å². The van der Waals surface area contributed by atoms with Gasteiger partial charge in [-0.25, -0.2) is 0 Å². The highest BCUT2D eigenvalue weighted by Gasteiger charge is 2.44. The number of aromatic hydroxyl groups is 1. The number of benzene rings is 2. The van der Waals surface area contributed by atoms with Gasteiger partial charge in [-0.15, -0.1) is 0 Å². The van der Waals surface area contributed by atoms with E-state index in [1.165, 1.54) is 10.9 Å². The second kappa shape index (κ2) is 7.68. The third-order valence-corrected chi connectivity index (χ3v) is 7.49. The fourth-order valence-corrected chi connectivity index (χ4v) is 5.47. The molecule has 3 aromatic rings. The molecule has 0 amide bonds. The van der Waals surface area contributed by atoms with Crippen molar-refractivity contribution in [3.63, 3.8) is 0 Å². The Morgan fingerprint density at radius 2 is 1.90 bits per heavy atom. The first-order valence-electron chi connectivity index (χ1n) is 11.1. The van der Waals surface area contributed by atoms with Crippen LogP contribution < -0.4 is 0 Å². The van der Waals surface area contributed by atoms with Gasteiger partial charge >= 0.3 is 0 Å². The van der Waals surface area contributed by atoms with E-state index in [-0.39, 0.29) is 5.41 Å². The van der Waals surface area contributed by atoms with Gasteiger partial charge < -0.3 is 5.11 Å². The molecule has 0 spiro atoms. The summed E-state index contributed by atoms with van der Waals surface area (Å²) in [5.74, 6) is 0.931. The number of rotatable bonds is 3. The maximum atomic E-state index is 10.0. The van der Waals surface area contributed by atoms with Crippen molar-refractivity contribution in [2.24, 2.45) is 5.92 Å². The summed E-state index contributed by atoms with van der Waals surface area (Å²) in [6.07, 6.45) is 1.12. The minimum atomic E-state index is 0.0874. The molecule has 5 rings (SSSR count). The summed E-state index contributed by atoms with van der Waals surface area (Å²) in [5.41, 5.74) is 3.59. The average Bonchev–Trinajstić information content (AvgIpc) is 2.75. The molecular formula is C26H31N3O. The lowest BCUT2D eigenvalue weighted by atomic mass is 9.65. The van der Waals surface area contributed by atoms with Crippen molar-refractivity contribution < 1.29 is 5.11 Å². The minimum Gasteiger partial charge on any atom is -0.508 e. The zero-order valence-corrected chi connectivity index (χ0v) is 18.0. The summed E-state index contributed by atoms with van der Waals surface area (Å²) in [6, 6.07) is 21.2. The highest BCUT2D eigenvalue weighted by molar-refractivity contribution is 5.78. The monoisotopic (exact) mass is 401 g/mol. The molecule has 3 heterocycles. The first-order chi connectivity index (χ1) is 14.5. The van der Waals surface area contributed by atoms with Crippen LogP contribution in [0.4, 0.5) is 0 Å². The van der Waals surface area contributed by atoms with Gasteiger partial charge in [0.15, 0.2) is 0 Å². The van der Waals surface area contributed by atoms with Crippen molar-refractivity contribution in [3.8, 4) is 5.75 Å². The van der Waals surface area contributed by atoms with Gasteiger partial charge in [0, 0.05) is 44.2 Å². The van der Waals surface area contributed by atoms with Crippen molar-refractivity contribution >= 4 is 10.9 Å². The Kier molecular flexibility index (Phi) is 5.00. The lowest BCUT2D eigenvalue weighted by Gasteiger charge is -2.53. The summed E-state index contributed by atoms with van der Waals surface area (Å²) >= 11 is 0. The Labute approximate surface area is 179 Å². The molecule has 2 aliphatic heterocycles. The lowest BCUT2D eigenvalue weighted by molar-refractivity contribution is -0.00587. The molecule has 1 N–H and O–H groups in total. The Bertz CT molecular complexity index is 1050. The molecule has 0 aliphatic carbocycles. The molecule has 156 valence electrons. The molecule has 2 unspecified atom stereocenters. The highest BCUT2D eigenvalue weighted by Crippen LogP contribution is 2.43. The SMILES string of the molecule is CC1CN2CCN(Cc3ccc4ccccc4n3)CC2C[C@@]1(C)c1cccc(O)c1. The molecule has 2 aliphatic rings. The van der Waals surface area contributed by atoms with Gasteiger partial charge in [-0.3, -0.25) is 14.8 Å². The summed E-state index contributed by atoms with van der Waals surface area (Å²) in [4.78, 5) is 10.1. The Hall–Kier alpha value is -2.43. The zero-order valence-electron chi connectivity index (χ0n) is 18.0. The first kappa shape index (κ1) is 19.5. The van der Waals surface area contributed by atoms with E-state index in [9.17, 15) is 5.11 Å². The van der Waals surface area contributed by atoms with Crippen LogP contribution in [0.3, 0.4) is 0 Å². The van der Waals surface area contributed by atoms with Crippen LogP contribution in [0.5, 0.6) is 5.75 Å². The molecule has 0 bridgehead atoms. The smallest absolute Gasteiger partial charge is 0.115 e. The van der Waals surface area contributed by atoms with Crippen LogP contribution in [0.1, 0.15) is 31.5 Å². The van der Waals surface area contributed by atoms with E-state index >= 15 is 0 Å². The van der Waals surface area contributed by atoms with Crippen LogP contribution in [0, 0.1) is 5.92 Å². The lowest BCUT2D eigenvalue weighted by Crippen LogP contribution is -2.60. The number of para-hydroxylation sites is 1. The van der Waals surface area contributed by atoms with E-state index in [0.717, 1.165) is 50.4 Å². The molecular weight excluding hydrogens is 370 g/mol. The summed E-state index contributed by atoms with van der Waals surface area (Å²) in [6.45, 7) is 10.1. The van der Waals surface area contributed by atoms with Crippen molar-refractivity contribution in [3.05, 3.63) is 71.9 Å². The topological polar surface area (TPSA) is 39.6 Å². The van der Waals surface area contributed by atoms with E-state index < -0.39 is 0 Å². The summed E-state index contributed by atoms with van der Waals surface area (Å²) in [7, 11) is 0. The number of piperazine rings is 1. The molecule has 3 atom stereocenters. The molecule has 0 radical (unpaired) electrons. The van der Waals surface area contributed by atoms with E-state index in [0.29, 0.717) is 17.7 Å². The Morgan fingerprint density at radius 3 is 2.77 bits per heavy atom. The standard InChI is InChI=1S/C26H31N3O/c1-19-16-29-13-12-28(17-22-11-10-20-6-3-4-9-25(20)27-22)18-23(29)15-26(19,2)21-7-5-8-24(30)14-21/h3-11,14,19,23,30H,12-13,15-18H2,1-2H3/t19?,23?,26-/m1/s1. The largest absolute Gasteiger partial charge is 0.508 e. The van der Waals surface area contributed by atoms with Gasteiger partial charge in [-0.2, -0.15) is 0 Å². The highest BCUT2D eigenvalue weighted by atomic mass is 16.3. The van der Waals surface area contributed by atoms with Gasteiger partial charge in [-0.1, -0.05) is 50.2 Å². The van der Waals surface area contributed by atoms with Crippen LogP contribution >= 0.6 is 0 Å². The fraction of sp³-hybridized carbons (Fsp3) is 0.423. The third kappa shape index (κ3) is 3.59. The number of pyridine rings is 1. The predicted octanol–water partition coefficient (Wildman–Crippen LogP) is 4.42. The normalized spacial score (nSPS) is 27.8. The van der Waals surface area contributed by atoms with Crippen LogP contribution in [-0.2, 0) is 12.0 Å². The summed E-state index contributed by atoms with van der Waals surface area (Å²) in [5, 5.41) is 11.2. The number of phenolic OH excluding ortho intramolecular Hbond substituents is 1. The Morgan fingerprint density at radius 1 is 1.03 bits per heavy atom. The number of piperidine rings is 1. The van der Waals surface area contributed by atoms with Crippen molar-refractivity contribution in [1.29, 1.82) is 0 Å². The van der Waals surface area contributed by atoms with Crippen LogP contribution in [0.25, 0.3) is 10.9 Å². The number of aromatic nitrogens is 1. The molecule has 1 aromatic heterocycles. The van der Waals surface area contributed by atoms with Crippen molar-refractivity contribution in [2.75, 3.05) is 26.2 Å². The fourth-order valence-electron chi connectivity index (χ4n) is 5.47. The van der Waals surface area contributed by atoms with Crippen LogP contribution in [0.2, 0.25) is 0 Å².